The number of carbonyl (C=O) groups is 1. The molecule has 160 valence electrons. The van der Waals surface area contributed by atoms with E-state index < -0.39 is 0 Å². The summed E-state index contributed by atoms with van der Waals surface area (Å²) in [7, 11) is 0. The first kappa shape index (κ1) is 19.1. The maximum atomic E-state index is 12.2. The number of nitrogens with zero attached hydrogens (tertiary/aromatic N) is 3. The van der Waals surface area contributed by atoms with Gasteiger partial charge in [0.05, 0.1) is 12.2 Å². The Labute approximate surface area is 183 Å². The maximum Gasteiger partial charge on any atom is 0.256 e. The van der Waals surface area contributed by atoms with Gasteiger partial charge in [0, 0.05) is 48.4 Å². The lowest BCUT2D eigenvalue weighted by molar-refractivity contribution is 0.0736. The predicted octanol–water partition coefficient (Wildman–Crippen LogP) is 5.02. The van der Waals surface area contributed by atoms with Crippen LogP contribution < -0.4 is 5.32 Å². The van der Waals surface area contributed by atoms with E-state index in [-0.39, 0.29) is 5.91 Å². The van der Waals surface area contributed by atoms with Crippen LogP contribution >= 0.6 is 0 Å². The van der Waals surface area contributed by atoms with Crippen molar-refractivity contribution >= 4 is 22.4 Å². The molecule has 31 heavy (non-hydrogen) atoms. The van der Waals surface area contributed by atoms with E-state index in [0.29, 0.717) is 6.04 Å². The molecular formula is C26H30N4O. The molecule has 0 spiro atoms. The molecule has 3 aromatic rings. The summed E-state index contributed by atoms with van der Waals surface area (Å²) < 4.78 is 2.20. The van der Waals surface area contributed by atoms with E-state index in [2.05, 4.69) is 40.2 Å². The van der Waals surface area contributed by atoms with Crippen LogP contribution in [0.15, 0.2) is 42.7 Å². The van der Waals surface area contributed by atoms with Crippen molar-refractivity contribution in [3.05, 3.63) is 59.4 Å². The fraction of sp³-hybridized carbons (Fsp3) is 0.462. The van der Waals surface area contributed by atoms with Crippen molar-refractivity contribution < 1.29 is 4.79 Å². The van der Waals surface area contributed by atoms with Crippen LogP contribution in [0.3, 0.4) is 0 Å². The number of amides is 1. The standard InChI is InChI=1S/C26H30N4O/c1-17(19-4-2-5-19)29-12-10-21(11-13-29)30-16-18(15-27-30)14-20-8-9-24-25-22(20)6-3-7-23(25)26(31)28-24/h3,6-9,15-17,19,21H,2,4-5,10-14H2,1H3,(H,28,31). The predicted molar refractivity (Wildman–Crippen MR) is 124 cm³/mol. The molecular weight excluding hydrogens is 384 g/mol. The SMILES string of the molecule is CC(C1CCC1)N1CCC(n2cc(Cc3ccc4c5c(cccc35)C(=O)N4)cn2)CC1. The zero-order chi connectivity index (χ0) is 20.9. The summed E-state index contributed by atoms with van der Waals surface area (Å²) in [5.74, 6) is 0.930. The van der Waals surface area contributed by atoms with E-state index in [1.807, 2.05) is 24.4 Å². The maximum absolute atomic E-state index is 12.2. The number of rotatable bonds is 5. The van der Waals surface area contributed by atoms with Crippen molar-refractivity contribution in [1.82, 2.24) is 14.7 Å². The highest BCUT2D eigenvalue weighted by Crippen LogP contribution is 2.36. The van der Waals surface area contributed by atoms with Crippen LogP contribution in [0.2, 0.25) is 0 Å². The van der Waals surface area contributed by atoms with Crippen molar-refractivity contribution in [2.24, 2.45) is 5.92 Å². The minimum absolute atomic E-state index is 0.00328. The van der Waals surface area contributed by atoms with E-state index in [0.717, 1.165) is 35.0 Å². The number of anilines is 1. The molecule has 1 saturated carbocycles. The van der Waals surface area contributed by atoms with Crippen molar-refractivity contribution in [2.75, 3.05) is 18.4 Å². The van der Waals surface area contributed by atoms with E-state index in [9.17, 15) is 4.79 Å². The molecule has 1 aromatic heterocycles. The van der Waals surface area contributed by atoms with Gasteiger partial charge in [-0.05, 0) is 67.2 Å². The fourth-order valence-corrected chi connectivity index (χ4v) is 5.77. The Morgan fingerprint density at radius 3 is 2.74 bits per heavy atom. The Kier molecular flexibility index (Phi) is 4.60. The number of likely N-dealkylation sites (tertiary alicyclic amines) is 1. The number of hydrogen-bond acceptors (Lipinski definition) is 3. The molecule has 1 saturated heterocycles. The van der Waals surface area contributed by atoms with Crippen LogP contribution in [0.1, 0.15) is 66.6 Å². The van der Waals surface area contributed by atoms with Gasteiger partial charge >= 0.3 is 0 Å². The van der Waals surface area contributed by atoms with Gasteiger partial charge in [0.25, 0.3) is 5.91 Å². The molecule has 2 aliphatic heterocycles. The van der Waals surface area contributed by atoms with Gasteiger partial charge in [-0.3, -0.25) is 9.48 Å². The largest absolute Gasteiger partial charge is 0.321 e. The molecule has 6 rings (SSSR count). The molecule has 5 heteroatoms. The highest BCUT2D eigenvalue weighted by molar-refractivity contribution is 6.24. The van der Waals surface area contributed by atoms with Gasteiger partial charge in [-0.1, -0.05) is 24.6 Å². The monoisotopic (exact) mass is 414 g/mol. The lowest BCUT2D eigenvalue weighted by Crippen LogP contribution is -2.45. The molecule has 1 atom stereocenters. The number of benzene rings is 2. The van der Waals surface area contributed by atoms with Crippen LogP contribution in [0.4, 0.5) is 5.69 Å². The van der Waals surface area contributed by atoms with Gasteiger partial charge < -0.3 is 10.2 Å². The second kappa shape index (κ2) is 7.49. The van der Waals surface area contributed by atoms with Gasteiger partial charge in [0.2, 0.25) is 0 Å². The average Bonchev–Trinajstić information content (AvgIpc) is 3.35. The quantitative estimate of drug-likeness (QED) is 0.638. The Morgan fingerprint density at radius 2 is 1.97 bits per heavy atom. The van der Waals surface area contributed by atoms with Crippen molar-refractivity contribution in [1.29, 1.82) is 0 Å². The number of carbonyl (C=O) groups excluding carboxylic acids is 1. The Hall–Kier alpha value is -2.66. The lowest BCUT2D eigenvalue weighted by atomic mass is 9.79. The molecule has 5 nitrogen and oxygen atoms in total. The molecule has 2 fully saturated rings. The van der Waals surface area contributed by atoms with Crippen LogP contribution in [0.5, 0.6) is 0 Å². The first-order chi connectivity index (χ1) is 15.2. The highest BCUT2D eigenvalue weighted by atomic mass is 16.1. The molecule has 1 amide bonds. The fourth-order valence-electron chi connectivity index (χ4n) is 5.77. The Balaban J connectivity index is 1.16. The summed E-state index contributed by atoms with van der Waals surface area (Å²) in [6.07, 6.45) is 11.7. The van der Waals surface area contributed by atoms with Gasteiger partial charge in [-0.2, -0.15) is 5.10 Å². The first-order valence-electron chi connectivity index (χ1n) is 11.8. The van der Waals surface area contributed by atoms with Crippen molar-refractivity contribution in [3.63, 3.8) is 0 Å². The third kappa shape index (κ3) is 3.26. The molecule has 0 bridgehead atoms. The molecule has 3 aliphatic rings. The van der Waals surface area contributed by atoms with Gasteiger partial charge in [-0.15, -0.1) is 0 Å². The smallest absolute Gasteiger partial charge is 0.256 e. The number of hydrogen-bond donors (Lipinski definition) is 1. The third-order valence-electron chi connectivity index (χ3n) is 7.95. The van der Waals surface area contributed by atoms with Gasteiger partial charge in [0.15, 0.2) is 0 Å². The first-order valence-corrected chi connectivity index (χ1v) is 11.8. The zero-order valence-electron chi connectivity index (χ0n) is 18.2. The summed E-state index contributed by atoms with van der Waals surface area (Å²) >= 11 is 0. The summed E-state index contributed by atoms with van der Waals surface area (Å²) in [5.41, 5.74) is 4.20. The molecule has 2 aromatic carbocycles. The minimum Gasteiger partial charge on any atom is -0.321 e. The number of piperidine rings is 1. The van der Waals surface area contributed by atoms with Gasteiger partial charge in [0.1, 0.15) is 0 Å². The molecule has 3 heterocycles. The van der Waals surface area contributed by atoms with E-state index in [1.54, 1.807) is 0 Å². The van der Waals surface area contributed by atoms with E-state index in [4.69, 9.17) is 5.10 Å². The molecule has 1 unspecified atom stereocenters. The summed E-state index contributed by atoms with van der Waals surface area (Å²) in [6, 6.07) is 11.5. The topological polar surface area (TPSA) is 50.2 Å². The van der Waals surface area contributed by atoms with Crippen LogP contribution in [-0.2, 0) is 6.42 Å². The lowest BCUT2D eigenvalue weighted by Gasteiger charge is -2.42. The van der Waals surface area contributed by atoms with E-state index >= 15 is 0 Å². The molecule has 0 radical (unpaired) electrons. The second-order valence-corrected chi connectivity index (χ2v) is 9.66. The molecule has 1 aliphatic carbocycles. The van der Waals surface area contributed by atoms with Crippen molar-refractivity contribution in [2.45, 2.75) is 57.5 Å². The number of nitrogens with one attached hydrogen (secondary N) is 1. The molecule has 1 N–H and O–H groups in total. The Bertz CT molecular complexity index is 1140. The van der Waals surface area contributed by atoms with Crippen molar-refractivity contribution in [3.8, 4) is 0 Å². The summed E-state index contributed by atoms with van der Waals surface area (Å²) in [5, 5.41) is 9.94. The van der Waals surface area contributed by atoms with Crippen LogP contribution in [0.25, 0.3) is 10.8 Å². The second-order valence-electron chi connectivity index (χ2n) is 9.66. The van der Waals surface area contributed by atoms with E-state index in [1.165, 1.54) is 61.7 Å². The normalized spacial score (nSPS) is 20.7. The summed E-state index contributed by atoms with van der Waals surface area (Å²) in [6.45, 7) is 4.80. The zero-order valence-corrected chi connectivity index (χ0v) is 18.2. The number of aromatic nitrogens is 2. The average molecular weight is 415 g/mol. The van der Waals surface area contributed by atoms with Crippen LogP contribution in [0, 0.1) is 5.92 Å². The third-order valence-corrected chi connectivity index (χ3v) is 7.95. The summed E-state index contributed by atoms with van der Waals surface area (Å²) in [4.78, 5) is 14.9. The highest BCUT2D eigenvalue weighted by Gasteiger charge is 2.31. The van der Waals surface area contributed by atoms with Gasteiger partial charge in [-0.25, -0.2) is 0 Å². The Morgan fingerprint density at radius 1 is 1.13 bits per heavy atom. The minimum atomic E-state index is 0.00328. The van der Waals surface area contributed by atoms with Crippen LogP contribution in [-0.4, -0.2) is 39.7 Å².